The first-order valence-electron chi connectivity index (χ1n) is 7.45. The summed E-state index contributed by atoms with van der Waals surface area (Å²) in [5.41, 5.74) is 0.281. The summed E-state index contributed by atoms with van der Waals surface area (Å²) in [5.74, 6) is -1.08. The van der Waals surface area contributed by atoms with Crippen LogP contribution < -0.4 is 5.32 Å². The van der Waals surface area contributed by atoms with Gasteiger partial charge < -0.3 is 10.2 Å². The van der Waals surface area contributed by atoms with Crippen molar-refractivity contribution < 1.29 is 13.2 Å². The van der Waals surface area contributed by atoms with Crippen molar-refractivity contribution in [2.24, 2.45) is 11.3 Å². The van der Waals surface area contributed by atoms with Gasteiger partial charge in [0.2, 0.25) is 0 Å². The van der Waals surface area contributed by atoms with Crippen molar-refractivity contribution in [3.05, 3.63) is 0 Å². The summed E-state index contributed by atoms with van der Waals surface area (Å²) < 4.78 is 37.9. The predicted molar refractivity (Wildman–Crippen MR) is 70.0 cm³/mol. The number of hydrogen-bond acceptors (Lipinski definition) is 2. The van der Waals surface area contributed by atoms with Crippen molar-refractivity contribution in [2.45, 2.75) is 45.2 Å². The molecule has 1 atom stereocenters. The van der Waals surface area contributed by atoms with Gasteiger partial charge in [0.25, 0.3) is 0 Å². The number of nitrogens with one attached hydrogen (secondary N) is 1. The van der Waals surface area contributed by atoms with Gasteiger partial charge in [0.15, 0.2) is 0 Å². The van der Waals surface area contributed by atoms with Gasteiger partial charge in [-0.1, -0.05) is 6.92 Å². The van der Waals surface area contributed by atoms with E-state index in [1.165, 1.54) is 12.8 Å². The fourth-order valence-corrected chi connectivity index (χ4v) is 3.47. The first-order chi connectivity index (χ1) is 8.95. The zero-order chi connectivity index (χ0) is 13.9. The number of likely N-dealkylation sites (tertiary alicyclic amines) is 1. The lowest BCUT2D eigenvalue weighted by molar-refractivity contribution is -0.185. The number of piperidine rings is 2. The molecule has 0 aliphatic carbocycles. The molecule has 2 rings (SSSR count). The minimum Gasteiger partial charge on any atom is -0.316 e. The third kappa shape index (κ3) is 3.85. The van der Waals surface area contributed by atoms with Crippen LogP contribution >= 0.6 is 0 Å². The third-order valence-electron chi connectivity index (χ3n) is 4.92. The van der Waals surface area contributed by atoms with E-state index in [-0.39, 0.29) is 18.3 Å². The molecule has 0 aromatic heterocycles. The maximum Gasteiger partial charge on any atom is 0.391 e. The first-order valence-corrected chi connectivity index (χ1v) is 7.45. The summed E-state index contributed by atoms with van der Waals surface area (Å²) >= 11 is 0. The third-order valence-corrected chi connectivity index (χ3v) is 4.92. The van der Waals surface area contributed by atoms with Crippen LogP contribution in [0, 0.1) is 11.3 Å². The van der Waals surface area contributed by atoms with Crippen molar-refractivity contribution in [3.8, 4) is 0 Å². The van der Waals surface area contributed by atoms with E-state index in [1.54, 1.807) is 0 Å². The Balaban J connectivity index is 1.84. The van der Waals surface area contributed by atoms with Crippen molar-refractivity contribution in [3.63, 3.8) is 0 Å². The lowest BCUT2D eigenvalue weighted by Crippen LogP contribution is -2.49. The minimum atomic E-state index is -4.00. The monoisotopic (exact) mass is 278 g/mol. The summed E-state index contributed by atoms with van der Waals surface area (Å²) in [6, 6.07) is 0. The molecule has 2 nitrogen and oxygen atoms in total. The molecule has 0 radical (unpaired) electrons. The zero-order valence-corrected chi connectivity index (χ0v) is 11.7. The number of alkyl halides is 3. The Morgan fingerprint density at radius 2 is 1.95 bits per heavy atom. The molecule has 0 aromatic carbocycles. The highest BCUT2D eigenvalue weighted by Gasteiger charge is 2.42. The van der Waals surface area contributed by atoms with Gasteiger partial charge in [0.1, 0.15) is 0 Å². The van der Waals surface area contributed by atoms with Gasteiger partial charge in [-0.2, -0.15) is 13.2 Å². The molecule has 1 N–H and O–H groups in total. The van der Waals surface area contributed by atoms with Crippen molar-refractivity contribution >= 4 is 0 Å². The molecule has 0 saturated carbocycles. The standard InChI is InChI=1S/C14H25F3N2/c1-2-13(6-3-7-18-10-13)11-19-8-4-12(5-9-19)14(15,16)17/h12,18H,2-11H2,1H3. The van der Waals surface area contributed by atoms with Crippen LogP contribution in [0.15, 0.2) is 0 Å². The molecule has 2 saturated heterocycles. The largest absolute Gasteiger partial charge is 0.391 e. The number of hydrogen-bond donors (Lipinski definition) is 1. The topological polar surface area (TPSA) is 15.3 Å². The fourth-order valence-electron chi connectivity index (χ4n) is 3.47. The van der Waals surface area contributed by atoms with Crippen LogP contribution in [0.1, 0.15) is 39.0 Å². The van der Waals surface area contributed by atoms with Gasteiger partial charge in [0.05, 0.1) is 5.92 Å². The molecule has 5 heteroatoms. The van der Waals surface area contributed by atoms with Gasteiger partial charge in [-0.25, -0.2) is 0 Å². The van der Waals surface area contributed by atoms with Gasteiger partial charge in [-0.3, -0.25) is 0 Å². The highest BCUT2D eigenvalue weighted by Crippen LogP contribution is 2.36. The zero-order valence-electron chi connectivity index (χ0n) is 11.7. The Labute approximate surface area is 113 Å². The Hall–Kier alpha value is -0.290. The second kappa shape index (κ2) is 6.00. The van der Waals surface area contributed by atoms with Gasteiger partial charge in [-0.05, 0) is 57.2 Å². The maximum absolute atomic E-state index is 12.6. The summed E-state index contributed by atoms with van der Waals surface area (Å²) in [6.45, 7) is 6.47. The predicted octanol–water partition coefficient (Wildman–Crippen LogP) is 3.04. The summed E-state index contributed by atoms with van der Waals surface area (Å²) in [5, 5.41) is 3.44. The van der Waals surface area contributed by atoms with Crippen molar-refractivity contribution in [1.82, 2.24) is 10.2 Å². The summed E-state index contributed by atoms with van der Waals surface area (Å²) in [7, 11) is 0. The molecule has 0 amide bonds. The molecule has 2 aliphatic heterocycles. The molecule has 0 aromatic rings. The molecular formula is C14H25F3N2. The molecule has 1 unspecified atom stereocenters. The minimum absolute atomic E-state index is 0.275. The van der Waals surface area contributed by atoms with Crippen LogP contribution in [-0.4, -0.2) is 43.8 Å². The van der Waals surface area contributed by atoms with E-state index >= 15 is 0 Å². The Kier molecular flexibility index (Phi) is 4.77. The van der Waals surface area contributed by atoms with Gasteiger partial charge >= 0.3 is 6.18 Å². The van der Waals surface area contributed by atoms with E-state index in [1.807, 2.05) is 0 Å². The molecule has 0 spiro atoms. The van der Waals surface area contributed by atoms with Crippen LogP contribution in [0.25, 0.3) is 0 Å². The second-order valence-electron chi connectivity index (χ2n) is 6.23. The number of halogens is 3. The van der Waals surface area contributed by atoms with Crippen molar-refractivity contribution in [2.75, 3.05) is 32.7 Å². The lowest BCUT2D eigenvalue weighted by atomic mass is 9.77. The highest BCUT2D eigenvalue weighted by molar-refractivity contribution is 4.89. The van der Waals surface area contributed by atoms with Crippen molar-refractivity contribution in [1.29, 1.82) is 0 Å². The van der Waals surface area contributed by atoms with E-state index in [0.717, 1.165) is 26.1 Å². The van der Waals surface area contributed by atoms with E-state index in [0.29, 0.717) is 13.1 Å². The molecule has 2 heterocycles. The molecule has 0 bridgehead atoms. The summed E-state index contributed by atoms with van der Waals surface area (Å²) in [6.07, 6.45) is 0.0517. The molecular weight excluding hydrogens is 253 g/mol. The van der Waals surface area contributed by atoms with E-state index in [9.17, 15) is 13.2 Å². The molecule has 2 aliphatic rings. The van der Waals surface area contributed by atoms with Crippen LogP contribution in [-0.2, 0) is 0 Å². The average molecular weight is 278 g/mol. The maximum atomic E-state index is 12.6. The SMILES string of the molecule is CCC1(CN2CCC(C(F)(F)F)CC2)CCCNC1. The fraction of sp³-hybridized carbons (Fsp3) is 1.00. The normalized spacial score (nSPS) is 31.6. The van der Waals surface area contributed by atoms with Gasteiger partial charge in [-0.15, -0.1) is 0 Å². The van der Waals surface area contributed by atoms with Crippen LogP contribution in [0.2, 0.25) is 0 Å². The van der Waals surface area contributed by atoms with E-state index < -0.39 is 12.1 Å². The molecule has 19 heavy (non-hydrogen) atoms. The van der Waals surface area contributed by atoms with Crippen LogP contribution in [0.5, 0.6) is 0 Å². The quantitative estimate of drug-likeness (QED) is 0.853. The summed E-state index contributed by atoms with van der Waals surface area (Å²) in [4.78, 5) is 2.25. The van der Waals surface area contributed by atoms with E-state index in [2.05, 4.69) is 17.1 Å². The second-order valence-corrected chi connectivity index (χ2v) is 6.23. The molecule has 2 fully saturated rings. The van der Waals surface area contributed by atoms with Crippen LogP contribution in [0.4, 0.5) is 13.2 Å². The first kappa shape index (κ1) is 15.1. The number of rotatable bonds is 3. The Bertz CT molecular complexity index is 277. The molecule has 112 valence electrons. The lowest BCUT2D eigenvalue weighted by Gasteiger charge is -2.43. The highest BCUT2D eigenvalue weighted by atomic mass is 19.4. The smallest absolute Gasteiger partial charge is 0.316 e. The Morgan fingerprint density at radius 3 is 2.42 bits per heavy atom. The number of nitrogens with zero attached hydrogens (tertiary/aromatic N) is 1. The Morgan fingerprint density at radius 1 is 1.26 bits per heavy atom. The average Bonchev–Trinajstić information content (AvgIpc) is 2.39. The van der Waals surface area contributed by atoms with E-state index in [4.69, 9.17) is 0 Å². The van der Waals surface area contributed by atoms with Crippen LogP contribution in [0.3, 0.4) is 0 Å². The van der Waals surface area contributed by atoms with Gasteiger partial charge in [0, 0.05) is 13.1 Å².